The molecule has 0 saturated carbocycles. The molecule has 29 heavy (non-hydrogen) atoms. The van der Waals surface area contributed by atoms with Gasteiger partial charge < -0.3 is 15.1 Å². The molecule has 1 aromatic carbocycles. The van der Waals surface area contributed by atoms with Gasteiger partial charge in [0.05, 0.1) is 22.8 Å². The molecular formula is C20H22FN3O4S. The molecule has 7 nitrogen and oxygen atoms in total. The van der Waals surface area contributed by atoms with Crippen molar-refractivity contribution in [2.75, 3.05) is 11.6 Å². The first kappa shape index (κ1) is 20.8. The molecule has 0 fully saturated rings. The number of aromatic nitrogens is 1. The van der Waals surface area contributed by atoms with E-state index in [0.29, 0.717) is 16.7 Å². The summed E-state index contributed by atoms with van der Waals surface area (Å²) in [6.07, 6.45) is 3.63. The van der Waals surface area contributed by atoms with Gasteiger partial charge in [-0.25, -0.2) is 17.6 Å². The Balaban J connectivity index is 1.85. The van der Waals surface area contributed by atoms with E-state index in [2.05, 4.69) is 15.6 Å². The predicted octanol–water partition coefficient (Wildman–Crippen LogP) is 4.20. The zero-order chi connectivity index (χ0) is 21.3. The highest BCUT2D eigenvalue weighted by Crippen LogP contribution is 2.33. The minimum absolute atomic E-state index is 0.00543. The van der Waals surface area contributed by atoms with Crippen LogP contribution in [0.4, 0.5) is 14.9 Å². The molecule has 154 valence electrons. The number of nitrogens with one attached hydrogen (secondary N) is 2. The van der Waals surface area contributed by atoms with Crippen LogP contribution in [0.5, 0.6) is 0 Å². The van der Waals surface area contributed by atoms with E-state index in [4.69, 9.17) is 4.42 Å². The number of hydrogen-bond acceptors (Lipinski definition) is 5. The van der Waals surface area contributed by atoms with Gasteiger partial charge in [-0.05, 0) is 37.1 Å². The van der Waals surface area contributed by atoms with E-state index in [-0.39, 0.29) is 22.3 Å². The lowest BCUT2D eigenvalue weighted by Crippen LogP contribution is -2.35. The van der Waals surface area contributed by atoms with E-state index in [9.17, 15) is 17.6 Å². The number of carbonyl (C=O) groups excluding carboxylic acids is 1. The highest BCUT2D eigenvalue weighted by Gasteiger charge is 2.25. The van der Waals surface area contributed by atoms with Crippen molar-refractivity contribution in [2.24, 2.45) is 5.92 Å². The van der Waals surface area contributed by atoms with Crippen LogP contribution in [0.25, 0.3) is 11.0 Å². The molecule has 1 atom stereocenters. The van der Waals surface area contributed by atoms with Gasteiger partial charge >= 0.3 is 6.03 Å². The Hall–Kier alpha value is -2.94. The summed E-state index contributed by atoms with van der Waals surface area (Å²) >= 11 is 0. The minimum Gasteiger partial charge on any atom is -0.459 e. The van der Waals surface area contributed by atoms with Crippen molar-refractivity contribution in [3.8, 4) is 0 Å². The lowest BCUT2D eigenvalue weighted by Gasteiger charge is -2.21. The Morgan fingerprint density at radius 2 is 1.93 bits per heavy atom. The molecule has 0 saturated heterocycles. The van der Waals surface area contributed by atoms with Crippen LogP contribution in [-0.2, 0) is 9.84 Å². The molecule has 0 bridgehead atoms. The summed E-state index contributed by atoms with van der Waals surface area (Å²) in [4.78, 5) is 16.4. The maximum absolute atomic E-state index is 13.6. The molecule has 0 unspecified atom stereocenters. The van der Waals surface area contributed by atoms with E-state index < -0.39 is 21.9 Å². The molecule has 0 spiro atoms. The third kappa shape index (κ3) is 4.56. The van der Waals surface area contributed by atoms with Crippen molar-refractivity contribution in [3.63, 3.8) is 0 Å². The lowest BCUT2D eigenvalue weighted by molar-refractivity contribution is 0.241. The number of halogens is 1. The van der Waals surface area contributed by atoms with Gasteiger partial charge in [-0.15, -0.1) is 0 Å². The van der Waals surface area contributed by atoms with Crippen molar-refractivity contribution in [1.82, 2.24) is 10.3 Å². The number of carbonyl (C=O) groups is 1. The van der Waals surface area contributed by atoms with Gasteiger partial charge in [-0.3, -0.25) is 4.98 Å². The molecule has 2 heterocycles. The molecule has 3 aromatic rings. The van der Waals surface area contributed by atoms with Gasteiger partial charge in [0.25, 0.3) is 0 Å². The maximum atomic E-state index is 13.6. The summed E-state index contributed by atoms with van der Waals surface area (Å²) in [5.41, 5.74) is 1.53. The number of anilines is 1. The first-order valence-electron chi connectivity index (χ1n) is 8.97. The Morgan fingerprint density at radius 3 is 2.59 bits per heavy atom. The molecule has 2 N–H and O–H groups in total. The standard InChI is InChI=1S/C20H22FN3O4S/c1-11(2)18(19-12(3)16-7-13(21)5-6-17(16)28-19)24-20(25)23-14-8-15(10-22-9-14)29(4,26)27/h5-11,18H,1-4H3,(H2,23,24,25)/t18-/m1/s1. The van der Waals surface area contributed by atoms with Gasteiger partial charge in [-0.2, -0.15) is 0 Å². The van der Waals surface area contributed by atoms with Crippen LogP contribution in [-0.4, -0.2) is 25.7 Å². The molecule has 2 aromatic heterocycles. The van der Waals surface area contributed by atoms with Gasteiger partial charge in [0, 0.05) is 23.4 Å². The lowest BCUT2D eigenvalue weighted by atomic mass is 9.98. The van der Waals surface area contributed by atoms with Gasteiger partial charge in [0.2, 0.25) is 0 Å². The number of sulfone groups is 1. The number of rotatable bonds is 5. The first-order valence-corrected chi connectivity index (χ1v) is 10.9. The van der Waals surface area contributed by atoms with Crippen LogP contribution < -0.4 is 10.6 Å². The van der Waals surface area contributed by atoms with Crippen LogP contribution in [0.15, 0.2) is 46.0 Å². The summed E-state index contributed by atoms with van der Waals surface area (Å²) in [6, 6.07) is 4.60. The van der Waals surface area contributed by atoms with Crippen LogP contribution in [0.1, 0.15) is 31.2 Å². The predicted molar refractivity (Wildman–Crippen MR) is 108 cm³/mol. The minimum atomic E-state index is -3.44. The monoisotopic (exact) mass is 419 g/mol. The quantitative estimate of drug-likeness (QED) is 0.645. The fourth-order valence-corrected chi connectivity index (χ4v) is 3.64. The Kier molecular flexibility index (Phi) is 5.61. The molecule has 0 aliphatic rings. The fourth-order valence-electron chi connectivity index (χ4n) is 3.04. The zero-order valence-electron chi connectivity index (χ0n) is 16.5. The summed E-state index contributed by atoms with van der Waals surface area (Å²) in [6.45, 7) is 5.66. The number of aryl methyl sites for hydroxylation is 1. The normalized spacial score (nSPS) is 12.9. The number of furan rings is 1. The number of nitrogens with zero attached hydrogens (tertiary/aromatic N) is 1. The number of pyridine rings is 1. The maximum Gasteiger partial charge on any atom is 0.319 e. The summed E-state index contributed by atoms with van der Waals surface area (Å²) < 4.78 is 42.8. The highest BCUT2D eigenvalue weighted by atomic mass is 32.2. The number of urea groups is 1. The van der Waals surface area contributed by atoms with Crippen LogP contribution in [0, 0.1) is 18.7 Å². The second-order valence-corrected chi connectivity index (χ2v) is 9.25. The second kappa shape index (κ2) is 7.82. The van der Waals surface area contributed by atoms with Crippen molar-refractivity contribution in [2.45, 2.75) is 31.7 Å². The van der Waals surface area contributed by atoms with Gasteiger partial charge in [0.1, 0.15) is 17.2 Å². The van der Waals surface area contributed by atoms with Crippen molar-refractivity contribution >= 4 is 32.5 Å². The molecule has 3 rings (SSSR count). The third-order valence-corrected chi connectivity index (χ3v) is 5.65. The second-order valence-electron chi connectivity index (χ2n) is 7.23. The number of amides is 2. The average molecular weight is 419 g/mol. The average Bonchev–Trinajstić information content (AvgIpc) is 2.95. The number of fused-ring (bicyclic) bond motifs is 1. The molecular weight excluding hydrogens is 397 g/mol. The Bertz CT molecular complexity index is 1170. The van der Waals surface area contributed by atoms with E-state index in [0.717, 1.165) is 11.8 Å². The van der Waals surface area contributed by atoms with Crippen molar-refractivity contribution in [3.05, 3.63) is 53.8 Å². The largest absolute Gasteiger partial charge is 0.459 e. The first-order chi connectivity index (χ1) is 13.6. The molecule has 0 aliphatic carbocycles. The summed E-state index contributed by atoms with van der Waals surface area (Å²) in [5, 5.41) is 6.09. The molecule has 9 heteroatoms. The van der Waals surface area contributed by atoms with Gasteiger partial charge in [0.15, 0.2) is 9.84 Å². The molecule has 0 aliphatic heterocycles. The summed E-state index contributed by atoms with van der Waals surface area (Å²) in [5.74, 6) is 0.155. The Labute approximate surface area is 168 Å². The van der Waals surface area contributed by atoms with E-state index in [1.54, 1.807) is 6.07 Å². The van der Waals surface area contributed by atoms with Crippen molar-refractivity contribution < 1.29 is 22.0 Å². The van der Waals surface area contributed by atoms with E-state index in [1.165, 1.54) is 30.6 Å². The van der Waals surface area contributed by atoms with E-state index in [1.807, 2.05) is 20.8 Å². The van der Waals surface area contributed by atoms with E-state index >= 15 is 0 Å². The summed E-state index contributed by atoms with van der Waals surface area (Å²) in [7, 11) is -3.44. The van der Waals surface area contributed by atoms with Crippen LogP contribution >= 0.6 is 0 Å². The van der Waals surface area contributed by atoms with Gasteiger partial charge in [-0.1, -0.05) is 13.8 Å². The van der Waals surface area contributed by atoms with Crippen LogP contribution in [0.3, 0.4) is 0 Å². The highest BCUT2D eigenvalue weighted by molar-refractivity contribution is 7.90. The van der Waals surface area contributed by atoms with Crippen LogP contribution in [0.2, 0.25) is 0 Å². The fraction of sp³-hybridized carbons (Fsp3) is 0.300. The molecule has 2 amide bonds. The smallest absolute Gasteiger partial charge is 0.319 e. The topological polar surface area (TPSA) is 101 Å². The zero-order valence-corrected chi connectivity index (χ0v) is 17.3. The SMILES string of the molecule is Cc1c([C@H](NC(=O)Nc2cncc(S(C)(=O)=O)c2)C(C)C)oc2ccc(F)cc12. The number of hydrogen-bond donors (Lipinski definition) is 2. The Morgan fingerprint density at radius 1 is 1.21 bits per heavy atom. The van der Waals surface area contributed by atoms with Crippen molar-refractivity contribution in [1.29, 1.82) is 0 Å². The molecule has 0 radical (unpaired) electrons. The number of benzene rings is 1. The third-order valence-electron chi connectivity index (χ3n) is 4.57.